The summed E-state index contributed by atoms with van der Waals surface area (Å²) in [5, 5.41) is 0. The predicted molar refractivity (Wildman–Crippen MR) is 73.5 cm³/mol. The Bertz CT molecular complexity index is 531. The van der Waals surface area contributed by atoms with E-state index in [1.807, 2.05) is 19.3 Å². The second-order valence-corrected chi connectivity index (χ2v) is 5.01. The Morgan fingerprint density at radius 1 is 1.35 bits per heavy atom. The number of hydrogen-bond donors (Lipinski definition) is 1. The molecule has 17 heavy (non-hydrogen) atoms. The summed E-state index contributed by atoms with van der Waals surface area (Å²) in [5.41, 5.74) is 10.3. The van der Waals surface area contributed by atoms with Crippen molar-refractivity contribution in [3.05, 3.63) is 46.0 Å². The van der Waals surface area contributed by atoms with Crippen LogP contribution in [0.1, 0.15) is 17.0 Å². The summed E-state index contributed by atoms with van der Waals surface area (Å²) in [6.45, 7) is 4.75. The highest BCUT2D eigenvalue weighted by atomic mass is 79.9. The Balaban J connectivity index is 2.54. The zero-order valence-corrected chi connectivity index (χ0v) is 11.7. The molecule has 0 aliphatic rings. The van der Waals surface area contributed by atoms with Crippen molar-refractivity contribution in [1.29, 1.82) is 0 Å². The first-order chi connectivity index (χ1) is 8.13. The summed E-state index contributed by atoms with van der Waals surface area (Å²) in [7, 11) is 0. The number of halogens is 1. The van der Waals surface area contributed by atoms with Crippen LogP contribution in [0.2, 0.25) is 0 Å². The van der Waals surface area contributed by atoms with E-state index in [2.05, 4.69) is 44.5 Å². The highest BCUT2D eigenvalue weighted by Crippen LogP contribution is 2.22. The molecule has 0 saturated heterocycles. The number of aryl methyl sites for hydroxylation is 1. The molecule has 1 aromatic heterocycles. The van der Waals surface area contributed by atoms with Gasteiger partial charge in [-0.2, -0.15) is 0 Å². The molecule has 0 radical (unpaired) electrons. The third kappa shape index (κ3) is 2.42. The van der Waals surface area contributed by atoms with Crippen molar-refractivity contribution >= 4 is 15.9 Å². The van der Waals surface area contributed by atoms with Gasteiger partial charge in [-0.05, 0) is 50.6 Å². The minimum atomic E-state index is 0.649. The molecule has 0 bridgehead atoms. The van der Waals surface area contributed by atoms with E-state index in [4.69, 9.17) is 5.73 Å². The highest BCUT2D eigenvalue weighted by Gasteiger charge is 2.09. The molecule has 90 valence electrons. The summed E-state index contributed by atoms with van der Waals surface area (Å²) in [5.74, 6) is 0. The van der Waals surface area contributed by atoms with E-state index in [0.717, 1.165) is 22.3 Å². The van der Waals surface area contributed by atoms with Crippen LogP contribution < -0.4 is 5.73 Å². The zero-order valence-electron chi connectivity index (χ0n) is 10.1. The van der Waals surface area contributed by atoms with Gasteiger partial charge in [0.05, 0.1) is 17.7 Å². The van der Waals surface area contributed by atoms with Crippen molar-refractivity contribution in [1.82, 2.24) is 9.55 Å². The first-order valence-electron chi connectivity index (χ1n) is 5.63. The molecule has 0 aliphatic carbocycles. The maximum atomic E-state index is 5.66. The van der Waals surface area contributed by atoms with Gasteiger partial charge in [-0.25, -0.2) is 4.98 Å². The van der Waals surface area contributed by atoms with Crippen LogP contribution >= 0.6 is 15.9 Å². The molecule has 0 atom stereocenters. The van der Waals surface area contributed by atoms with Gasteiger partial charge in [0.25, 0.3) is 0 Å². The lowest BCUT2D eigenvalue weighted by atomic mass is 10.1. The van der Waals surface area contributed by atoms with Crippen molar-refractivity contribution in [3.63, 3.8) is 0 Å². The van der Waals surface area contributed by atoms with Crippen LogP contribution in [0.4, 0.5) is 0 Å². The fourth-order valence-electron chi connectivity index (χ4n) is 1.89. The Labute approximate surface area is 110 Å². The average molecular weight is 294 g/mol. The summed E-state index contributed by atoms with van der Waals surface area (Å²) in [6, 6.07) is 6.27. The molecule has 1 heterocycles. The Kier molecular flexibility index (Phi) is 3.64. The summed E-state index contributed by atoms with van der Waals surface area (Å²) >= 11 is 3.50. The molecular formula is C13H16BrN3. The van der Waals surface area contributed by atoms with Crippen LogP contribution in [0.25, 0.3) is 5.69 Å². The smallest absolute Gasteiger partial charge is 0.0997 e. The van der Waals surface area contributed by atoms with Gasteiger partial charge < -0.3 is 10.3 Å². The van der Waals surface area contributed by atoms with Crippen molar-refractivity contribution in [2.24, 2.45) is 5.73 Å². The topological polar surface area (TPSA) is 43.8 Å². The molecule has 0 fully saturated rings. The van der Waals surface area contributed by atoms with E-state index in [1.165, 1.54) is 11.3 Å². The second-order valence-electron chi connectivity index (χ2n) is 4.10. The minimum absolute atomic E-state index is 0.649. The third-order valence-corrected chi connectivity index (χ3v) is 3.46. The lowest BCUT2D eigenvalue weighted by Gasteiger charge is -2.12. The Morgan fingerprint density at radius 3 is 2.71 bits per heavy atom. The highest BCUT2D eigenvalue weighted by molar-refractivity contribution is 9.10. The molecule has 0 saturated carbocycles. The van der Waals surface area contributed by atoms with Crippen LogP contribution in [0.15, 0.2) is 29.0 Å². The fraction of sp³-hybridized carbons (Fsp3) is 0.308. The first-order valence-corrected chi connectivity index (χ1v) is 6.42. The van der Waals surface area contributed by atoms with Gasteiger partial charge >= 0.3 is 0 Å². The molecule has 3 nitrogen and oxygen atoms in total. The van der Waals surface area contributed by atoms with E-state index < -0.39 is 0 Å². The van der Waals surface area contributed by atoms with Crippen LogP contribution in [0.3, 0.4) is 0 Å². The Hall–Kier alpha value is -1.13. The SMILES string of the molecule is Cc1ncn(-c2ccc(Br)cc2CCN)c1C. The molecule has 2 N–H and O–H groups in total. The molecule has 0 spiro atoms. The third-order valence-electron chi connectivity index (χ3n) is 2.97. The largest absolute Gasteiger partial charge is 0.330 e. The normalized spacial score (nSPS) is 10.8. The summed E-state index contributed by atoms with van der Waals surface area (Å²) < 4.78 is 3.20. The molecule has 0 amide bonds. The van der Waals surface area contributed by atoms with E-state index in [1.54, 1.807) is 0 Å². The van der Waals surface area contributed by atoms with Crippen molar-refractivity contribution in [2.45, 2.75) is 20.3 Å². The van der Waals surface area contributed by atoms with E-state index in [-0.39, 0.29) is 0 Å². The molecule has 4 heteroatoms. The minimum Gasteiger partial charge on any atom is -0.330 e. The van der Waals surface area contributed by atoms with Gasteiger partial charge in [-0.1, -0.05) is 15.9 Å². The molecule has 0 unspecified atom stereocenters. The van der Waals surface area contributed by atoms with Crippen LogP contribution in [-0.4, -0.2) is 16.1 Å². The van der Waals surface area contributed by atoms with Crippen LogP contribution in [0.5, 0.6) is 0 Å². The summed E-state index contributed by atoms with van der Waals surface area (Å²) in [6.07, 6.45) is 2.74. The average Bonchev–Trinajstić information content (AvgIpc) is 2.61. The van der Waals surface area contributed by atoms with E-state index in [9.17, 15) is 0 Å². The first kappa shape index (κ1) is 12.3. The number of aromatic nitrogens is 2. The number of imidazole rings is 1. The lowest BCUT2D eigenvalue weighted by Crippen LogP contribution is -2.07. The molecule has 2 rings (SSSR count). The molecule has 1 aromatic carbocycles. The maximum absolute atomic E-state index is 5.66. The van der Waals surface area contributed by atoms with E-state index in [0.29, 0.717) is 6.54 Å². The predicted octanol–water partition coefficient (Wildman–Crippen LogP) is 2.75. The molecule has 0 aliphatic heterocycles. The molecular weight excluding hydrogens is 278 g/mol. The lowest BCUT2D eigenvalue weighted by molar-refractivity contribution is 0.918. The van der Waals surface area contributed by atoms with Gasteiger partial charge in [0.2, 0.25) is 0 Å². The maximum Gasteiger partial charge on any atom is 0.0997 e. The number of benzene rings is 1. The quantitative estimate of drug-likeness (QED) is 0.946. The van der Waals surface area contributed by atoms with Crippen molar-refractivity contribution < 1.29 is 0 Å². The van der Waals surface area contributed by atoms with Crippen LogP contribution in [-0.2, 0) is 6.42 Å². The number of nitrogens with zero attached hydrogens (tertiary/aromatic N) is 2. The van der Waals surface area contributed by atoms with E-state index >= 15 is 0 Å². The second kappa shape index (κ2) is 5.02. The van der Waals surface area contributed by atoms with Crippen LogP contribution in [0, 0.1) is 13.8 Å². The van der Waals surface area contributed by atoms with Gasteiger partial charge in [-0.15, -0.1) is 0 Å². The van der Waals surface area contributed by atoms with Gasteiger partial charge in [0.15, 0.2) is 0 Å². The monoisotopic (exact) mass is 293 g/mol. The van der Waals surface area contributed by atoms with Gasteiger partial charge in [-0.3, -0.25) is 0 Å². The number of nitrogens with two attached hydrogens (primary N) is 1. The summed E-state index contributed by atoms with van der Waals surface area (Å²) in [4.78, 5) is 4.34. The van der Waals surface area contributed by atoms with Crippen molar-refractivity contribution in [3.8, 4) is 5.69 Å². The van der Waals surface area contributed by atoms with Gasteiger partial charge in [0.1, 0.15) is 0 Å². The molecule has 2 aromatic rings. The van der Waals surface area contributed by atoms with Crippen molar-refractivity contribution in [2.75, 3.05) is 6.54 Å². The standard InChI is InChI=1S/C13H16BrN3/c1-9-10(2)17(8-16-9)13-4-3-12(14)7-11(13)5-6-15/h3-4,7-8H,5-6,15H2,1-2H3. The fourth-order valence-corrected chi connectivity index (χ4v) is 2.29. The zero-order chi connectivity index (χ0) is 12.4. The number of rotatable bonds is 3. The Morgan fingerprint density at radius 2 is 2.12 bits per heavy atom. The number of hydrogen-bond acceptors (Lipinski definition) is 2. The van der Waals surface area contributed by atoms with Gasteiger partial charge in [0, 0.05) is 10.2 Å².